The summed E-state index contributed by atoms with van der Waals surface area (Å²) in [5.41, 5.74) is 3.38. The number of carbonyl (C=O) groups is 2. The number of imidazole rings is 1. The largest absolute Gasteiger partial charge is 0.490 e. The molecule has 1 aliphatic heterocycles. The minimum absolute atomic E-state index is 0.0405. The molecule has 5 aromatic rings. The van der Waals surface area contributed by atoms with E-state index in [4.69, 9.17) is 21.1 Å². The van der Waals surface area contributed by atoms with Crippen LogP contribution in [0.5, 0.6) is 11.8 Å². The first-order chi connectivity index (χ1) is 23.7. The molecule has 13 heteroatoms. The monoisotopic (exact) mass is 742 g/mol. The molecule has 0 bridgehead atoms. The number of methoxy groups -OCH3 is 1. The Hall–Kier alpha value is -4.94. The highest BCUT2D eigenvalue weighted by Crippen LogP contribution is 2.30. The Morgan fingerprint density at radius 1 is 1.06 bits per heavy atom. The Kier molecular flexibility index (Phi) is 9.00. The van der Waals surface area contributed by atoms with E-state index in [0.717, 1.165) is 24.0 Å². The van der Waals surface area contributed by atoms with E-state index in [1.807, 2.05) is 31.2 Å². The van der Waals surface area contributed by atoms with Crippen molar-refractivity contribution in [1.82, 2.24) is 29.3 Å². The van der Waals surface area contributed by atoms with E-state index < -0.39 is 5.91 Å². The quantitative estimate of drug-likeness (QED) is 0.196. The van der Waals surface area contributed by atoms with Gasteiger partial charge in [-0.15, -0.1) is 0 Å². The molecule has 0 radical (unpaired) electrons. The van der Waals surface area contributed by atoms with Crippen molar-refractivity contribution in [3.63, 3.8) is 0 Å². The van der Waals surface area contributed by atoms with E-state index in [-0.39, 0.29) is 55.1 Å². The average molecular weight is 744 g/mol. The summed E-state index contributed by atoms with van der Waals surface area (Å²) < 4.78 is 14.8. The van der Waals surface area contributed by atoms with Gasteiger partial charge in [0.15, 0.2) is 0 Å². The maximum atomic E-state index is 14.3. The summed E-state index contributed by atoms with van der Waals surface area (Å²) in [6.45, 7) is 2.27. The maximum Gasteiger partial charge on any atom is 0.333 e. The van der Waals surface area contributed by atoms with E-state index >= 15 is 0 Å². The van der Waals surface area contributed by atoms with Crippen LogP contribution in [0.15, 0.2) is 88.3 Å². The van der Waals surface area contributed by atoms with Gasteiger partial charge in [0.05, 0.1) is 41.9 Å². The summed E-state index contributed by atoms with van der Waals surface area (Å²) in [7, 11) is 1.50. The minimum Gasteiger partial charge on any atom is -0.490 e. The molecule has 11 nitrogen and oxygen atoms in total. The lowest BCUT2D eigenvalue weighted by Crippen LogP contribution is -2.47. The number of aromatic nitrogens is 4. The molecule has 2 aromatic heterocycles. The van der Waals surface area contributed by atoms with Crippen molar-refractivity contribution in [2.24, 2.45) is 0 Å². The van der Waals surface area contributed by atoms with Crippen molar-refractivity contribution in [2.45, 2.75) is 51.5 Å². The Balaban J connectivity index is 1.25. The number of benzene rings is 3. The second-order valence-corrected chi connectivity index (χ2v) is 13.3. The van der Waals surface area contributed by atoms with E-state index in [2.05, 4.69) is 31.2 Å². The van der Waals surface area contributed by atoms with Gasteiger partial charge in [-0.2, -0.15) is 4.98 Å². The van der Waals surface area contributed by atoms with E-state index in [1.54, 1.807) is 64.2 Å². The molecule has 2 amide bonds. The number of carbonyl (C=O) groups excluding carboxylic acids is 2. The zero-order valence-corrected chi connectivity index (χ0v) is 29.1. The van der Waals surface area contributed by atoms with E-state index in [9.17, 15) is 14.4 Å². The third kappa shape index (κ3) is 6.58. The van der Waals surface area contributed by atoms with Gasteiger partial charge in [0.2, 0.25) is 0 Å². The van der Waals surface area contributed by atoms with E-state index in [0.29, 0.717) is 37.9 Å². The van der Waals surface area contributed by atoms with Crippen LogP contribution in [0, 0.1) is 0 Å². The van der Waals surface area contributed by atoms with Crippen molar-refractivity contribution in [2.75, 3.05) is 7.11 Å². The lowest BCUT2D eigenvalue weighted by atomic mass is 10.0. The number of ether oxygens (including phenoxy) is 2. The second-order valence-electron chi connectivity index (χ2n) is 12.0. The zero-order valence-electron chi connectivity index (χ0n) is 26.7. The predicted octanol–water partition coefficient (Wildman–Crippen LogP) is 6.04. The summed E-state index contributed by atoms with van der Waals surface area (Å²) in [5, 5.41) is 3.45. The Morgan fingerprint density at radius 3 is 2.57 bits per heavy atom. The Bertz CT molecular complexity index is 2130. The SMILES string of the molecule is COc1nccc(-c2ccccc2CNC(=O)c2c3n(c(=O)n2-c2ccc(OC4CC4)cc2)C[C@@H](C)N(C(=O)c2ccc(Br)c(Cl)c2)C3)n1. The summed E-state index contributed by atoms with van der Waals surface area (Å²) in [4.78, 5) is 52.5. The molecule has 1 aliphatic carbocycles. The number of hydrogen-bond donors (Lipinski definition) is 1. The molecule has 1 N–H and O–H groups in total. The fourth-order valence-electron chi connectivity index (χ4n) is 5.98. The van der Waals surface area contributed by atoms with Crippen LogP contribution in [0.3, 0.4) is 0 Å². The van der Waals surface area contributed by atoms with Crippen LogP contribution in [-0.2, 0) is 19.6 Å². The first-order valence-electron chi connectivity index (χ1n) is 15.8. The fourth-order valence-corrected chi connectivity index (χ4v) is 6.41. The summed E-state index contributed by atoms with van der Waals surface area (Å²) >= 11 is 9.70. The van der Waals surface area contributed by atoms with Gasteiger partial charge in [-0.1, -0.05) is 35.9 Å². The van der Waals surface area contributed by atoms with Gasteiger partial charge in [-0.25, -0.2) is 9.78 Å². The molecule has 0 unspecified atom stereocenters. The number of nitrogens with zero attached hydrogens (tertiary/aromatic N) is 5. The van der Waals surface area contributed by atoms with Gasteiger partial charge in [-0.05, 0) is 89.8 Å². The van der Waals surface area contributed by atoms with Crippen LogP contribution in [-0.4, -0.2) is 55.1 Å². The highest BCUT2D eigenvalue weighted by molar-refractivity contribution is 9.10. The van der Waals surface area contributed by atoms with Gasteiger partial charge in [-0.3, -0.25) is 18.7 Å². The number of hydrogen-bond acceptors (Lipinski definition) is 7. The molecule has 250 valence electrons. The maximum absolute atomic E-state index is 14.3. The van der Waals surface area contributed by atoms with Crippen LogP contribution in [0.2, 0.25) is 5.02 Å². The normalized spacial score (nSPS) is 15.4. The number of halogens is 2. The highest BCUT2D eigenvalue weighted by Gasteiger charge is 2.35. The number of fused-ring (bicyclic) bond motifs is 1. The molecule has 49 heavy (non-hydrogen) atoms. The van der Waals surface area contributed by atoms with E-state index in [1.165, 1.54) is 11.7 Å². The molecule has 1 saturated carbocycles. The van der Waals surface area contributed by atoms with Crippen LogP contribution in [0.1, 0.15) is 51.9 Å². The first-order valence-corrected chi connectivity index (χ1v) is 17.0. The third-order valence-corrected chi connectivity index (χ3v) is 9.89. The fraction of sp³-hybridized carbons (Fsp3) is 0.250. The molecule has 0 saturated heterocycles. The van der Waals surface area contributed by atoms with Crippen molar-refractivity contribution < 1.29 is 19.1 Å². The zero-order chi connectivity index (χ0) is 34.2. The molecule has 3 heterocycles. The molecule has 7 rings (SSSR count). The lowest BCUT2D eigenvalue weighted by molar-refractivity contribution is 0.0610. The van der Waals surface area contributed by atoms with Crippen LogP contribution < -0.4 is 20.5 Å². The Labute approximate surface area is 295 Å². The molecule has 3 aromatic carbocycles. The lowest BCUT2D eigenvalue weighted by Gasteiger charge is -2.34. The van der Waals surface area contributed by atoms with Crippen molar-refractivity contribution in [3.8, 4) is 28.7 Å². The average Bonchev–Trinajstić information content (AvgIpc) is 3.90. The molecule has 1 fully saturated rings. The minimum atomic E-state index is -0.465. The van der Waals surface area contributed by atoms with Gasteiger partial charge >= 0.3 is 11.7 Å². The molecular formula is C36H32BrClN6O5. The van der Waals surface area contributed by atoms with Crippen molar-refractivity contribution in [1.29, 1.82) is 0 Å². The summed E-state index contributed by atoms with van der Waals surface area (Å²) in [5.74, 6) is -0.0193. The standard InChI is InChI=1S/C36H32BrClN6O5/c1-21-19-43-31(20-42(21)34(46)22-7-14-28(37)29(38)17-22)32(44(36(43)47)24-8-10-25(11-9-24)49-26-12-13-26)33(45)40-18-23-5-3-4-6-27(23)30-15-16-39-35(41-30)48-2/h3-11,14-17,21,26H,12-13,18-20H2,1-2H3,(H,40,45)/t21-/m1/s1. The topological polar surface area (TPSA) is 121 Å². The number of rotatable bonds is 9. The molecule has 0 spiro atoms. The third-order valence-electron chi connectivity index (χ3n) is 8.66. The summed E-state index contributed by atoms with van der Waals surface area (Å²) in [6, 6.07) is 21.4. The first kappa shape index (κ1) is 32.6. The van der Waals surface area contributed by atoms with Gasteiger partial charge in [0, 0.05) is 40.9 Å². The van der Waals surface area contributed by atoms with Crippen molar-refractivity contribution in [3.05, 3.63) is 121 Å². The predicted molar refractivity (Wildman–Crippen MR) is 187 cm³/mol. The molecular weight excluding hydrogens is 712 g/mol. The highest BCUT2D eigenvalue weighted by atomic mass is 79.9. The van der Waals surface area contributed by atoms with Gasteiger partial charge in [0.1, 0.15) is 11.4 Å². The number of nitrogens with one attached hydrogen (secondary N) is 1. The van der Waals surface area contributed by atoms with Crippen LogP contribution >= 0.6 is 27.5 Å². The molecule has 1 atom stereocenters. The Morgan fingerprint density at radius 2 is 1.84 bits per heavy atom. The van der Waals surface area contributed by atoms with Crippen molar-refractivity contribution >= 4 is 39.3 Å². The van der Waals surface area contributed by atoms with Crippen LogP contribution in [0.25, 0.3) is 16.9 Å². The smallest absolute Gasteiger partial charge is 0.333 e. The van der Waals surface area contributed by atoms with Gasteiger partial charge in [0.25, 0.3) is 11.8 Å². The second kappa shape index (κ2) is 13.5. The van der Waals surface area contributed by atoms with Crippen LogP contribution in [0.4, 0.5) is 0 Å². The summed E-state index contributed by atoms with van der Waals surface area (Å²) in [6.07, 6.45) is 3.87. The van der Waals surface area contributed by atoms with Gasteiger partial charge < -0.3 is 19.7 Å². The molecule has 2 aliphatic rings. The number of amides is 2.